The Balaban J connectivity index is 1.73. The summed E-state index contributed by atoms with van der Waals surface area (Å²) in [6.45, 7) is 2.23. The molecule has 0 amide bonds. The lowest BCUT2D eigenvalue weighted by Gasteiger charge is -2.08. The molecule has 1 unspecified atom stereocenters. The Labute approximate surface area is 113 Å². The van der Waals surface area contributed by atoms with E-state index >= 15 is 0 Å². The van der Waals surface area contributed by atoms with Gasteiger partial charge in [-0.3, -0.25) is 0 Å². The van der Waals surface area contributed by atoms with Gasteiger partial charge in [0.15, 0.2) is 5.16 Å². The third-order valence-electron chi connectivity index (χ3n) is 3.13. The molecule has 1 aromatic carbocycles. The molecule has 0 aliphatic carbocycles. The van der Waals surface area contributed by atoms with Crippen LogP contribution in [0.5, 0.6) is 0 Å². The number of aromatic amines is 1. The van der Waals surface area contributed by atoms with Gasteiger partial charge >= 0.3 is 0 Å². The minimum absolute atomic E-state index is 0.626. The zero-order valence-electron chi connectivity index (χ0n) is 11.1. The van der Waals surface area contributed by atoms with Crippen LogP contribution in [0.1, 0.15) is 26.2 Å². The summed E-state index contributed by atoms with van der Waals surface area (Å²) in [4.78, 5) is 7.90. The summed E-state index contributed by atoms with van der Waals surface area (Å²) in [5.41, 5.74) is 2.19. The number of imidazole rings is 1. The third kappa shape index (κ3) is 3.75. The summed E-state index contributed by atoms with van der Waals surface area (Å²) in [5.74, 6) is 1.14. The van der Waals surface area contributed by atoms with Crippen molar-refractivity contribution in [3.8, 4) is 0 Å². The first-order valence-electron chi connectivity index (χ1n) is 6.54. The molecule has 0 bridgehead atoms. The second-order valence-electron chi connectivity index (χ2n) is 4.59. The zero-order valence-corrected chi connectivity index (χ0v) is 11.9. The molecular formula is C14H21N3S. The fourth-order valence-corrected chi connectivity index (χ4v) is 2.75. The second kappa shape index (κ2) is 6.81. The Morgan fingerprint density at radius 2 is 2.17 bits per heavy atom. The number of para-hydroxylation sites is 2. The Kier molecular flexibility index (Phi) is 5.08. The van der Waals surface area contributed by atoms with Gasteiger partial charge in [0.05, 0.1) is 11.0 Å². The summed E-state index contributed by atoms with van der Waals surface area (Å²) in [7, 11) is 2.02. The van der Waals surface area contributed by atoms with E-state index in [1.807, 2.05) is 37.0 Å². The fraction of sp³-hybridized carbons (Fsp3) is 0.500. The largest absolute Gasteiger partial charge is 0.333 e. The Hall–Kier alpha value is -1.00. The molecule has 0 saturated carbocycles. The van der Waals surface area contributed by atoms with Gasteiger partial charge in [-0.2, -0.15) is 0 Å². The van der Waals surface area contributed by atoms with Crippen molar-refractivity contribution in [2.24, 2.45) is 0 Å². The monoisotopic (exact) mass is 263 g/mol. The number of nitrogens with zero attached hydrogens (tertiary/aromatic N) is 1. The number of fused-ring (bicyclic) bond motifs is 1. The van der Waals surface area contributed by atoms with Crippen LogP contribution in [-0.4, -0.2) is 28.8 Å². The quantitative estimate of drug-likeness (QED) is 0.594. The van der Waals surface area contributed by atoms with E-state index in [-0.39, 0.29) is 0 Å². The van der Waals surface area contributed by atoms with Crippen molar-refractivity contribution in [1.82, 2.24) is 15.3 Å². The van der Waals surface area contributed by atoms with Crippen LogP contribution in [0.15, 0.2) is 29.4 Å². The van der Waals surface area contributed by atoms with Crippen molar-refractivity contribution in [1.29, 1.82) is 0 Å². The van der Waals surface area contributed by atoms with Crippen molar-refractivity contribution in [3.05, 3.63) is 24.3 Å². The van der Waals surface area contributed by atoms with Crippen molar-refractivity contribution in [2.45, 2.75) is 37.4 Å². The van der Waals surface area contributed by atoms with Crippen molar-refractivity contribution >= 4 is 22.8 Å². The summed E-state index contributed by atoms with van der Waals surface area (Å²) in [5, 5.41) is 4.31. The van der Waals surface area contributed by atoms with Gasteiger partial charge in [0.25, 0.3) is 0 Å². The number of benzene rings is 1. The third-order valence-corrected chi connectivity index (χ3v) is 4.09. The molecule has 2 aromatic rings. The molecule has 2 rings (SSSR count). The fourth-order valence-electron chi connectivity index (χ4n) is 1.86. The summed E-state index contributed by atoms with van der Waals surface area (Å²) >= 11 is 1.82. The van der Waals surface area contributed by atoms with Crippen molar-refractivity contribution in [3.63, 3.8) is 0 Å². The van der Waals surface area contributed by atoms with Crippen molar-refractivity contribution < 1.29 is 0 Å². The average Bonchev–Trinajstić information content (AvgIpc) is 2.80. The predicted octanol–water partition coefficient (Wildman–Crippen LogP) is 3.43. The highest BCUT2D eigenvalue weighted by Gasteiger charge is 2.02. The molecule has 0 aliphatic rings. The SMILES string of the molecule is CNC(C)CCCCSc1nc2ccccc2[nH]1. The molecule has 1 heterocycles. The van der Waals surface area contributed by atoms with Crippen LogP contribution >= 0.6 is 11.8 Å². The predicted molar refractivity (Wildman–Crippen MR) is 79.2 cm³/mol. The summed E-state index contributed by atoms with van der Waals surface area (Å²) < 4.78 is 0. The Morgan fingerprint density at radius 3 is 2.94 bits per heavy atom. The average molecular weight is 263 g/mol. The van der Waals surface area contributed by atoms with Gasteiger partial charge in [-0.15, -0.1) is 0 Å². The number of unbranched alkanes of at least 4 members (excludes halogenated alkanes) is 1. The number of hydrogen-bond acceptors (Lipinski definition) is 3. The van der Waals surface area contributed by atoms with Crippen LogP contribution in [-0.2, 0) is 0 Å². The molecule has 0 aliphatic heterocycles. The number of aromatic nitrogens is 2. The first-order valence-corrected chi connectivity index (χ1v) is 7.53. The van der Waals surface area contributed by atoms with Gasteiger partial charge in [-0.05, 0) is 38.9 Å². The molecule has 0 spiro atoms. The van der Waals surface area contributed by atoms with Gasteiger partial charge in [0, 0.05) is 11.8 Å². The Morgan fingerprint density at radius 1 is 1.33 bits per heavy atom. The van der Waals surface area contributed by atoms with E-state index in [1.54, 1.807) is 0 Å². The van der Waals surface area contributed by atoms with Gasteiger partial charge in [0.1, 0.15) is 0 Å². The lowest BCUT2D eigenvalue weighted by atomic mass is 10.1. The number of nitrogens with one attached hydrogen (secondary N) is 2. The van der Waals surface area contributed by atoms with Crippen molar-refractivity contribution in [2.75, 3.05) is 12.8 Å². The molecule has 98 valence electrons. The summed E-state index contributed by atoms with van der Waals surface area (Å²) in [6.07, 6.45) is 3.76. The first kappa shape index (κ1) is 13.4. The summed E-state index contributed by atoms with van der Waals surface area (Å²) in [6, 6.07) is 8.80. The van der Waals surface area contributed by atoms with E-state index in [0.29, 0.717) is 6.04 Å². The minimum Gasteiger partial charge on any atom is -0.333 e. The maximum atomic E-state index is 4.56. The number of H-pyrrole nitrogens is 1. The lowest BCUT2D eigenvalue weighted by molar-refractivity contribution is 0.538. The van der Waals surface area contributed by atoms with E-state index < -0.39 is 0 Å². The van der Waals surface area contributed by atoms with Crippen LogP contribution in [0.25, 0.3) is 11.0 Å². The standard InChI is InChI=1S/C14H21N3S/c1-11(15-2)7-5-6-10-18-14-16-12-8-3-4-9-13(12)17-14/h3-4,8-9,11,15H,5-7,10H2,1-2H3,(H,16,17). The number of rotatable bonds is 7. The van der Waals surface area contributed by atoms with Gasteiger partial charge < -0.3 is 10.3 Å². The zero-order chi connectivity index (χ0) is 12.8. The molecule has 18 heavy (non-hydrogen) atoms. The minimum atomic E-state index is 0.626. The van der Waals surface area contributed by atoms with Gasteiger partial charge in [0.2, 0.25) is 0 Å². The highest BCUT2D eigenvalue weighted by Crippen LogP contribution is 2.20. The number of hydrogen-bond donors (Lipinski definition) is 2. The van der Waals surface area contributed by atoms with Crippen LogP contribution in [0, 0.1) is 0 Å². The molecule has 4 heteroatoms. The van der Waals surface area contributed by atoms with Crippen LogP contribution in [0.4, 0.5) is 0 Å². The van der Waals surface area contributed by atoms with Gasteiger partial charge in [-0.25, -0.2) is 4.98 Å². The molecule has 1 atom stereocenters. The van der Waals surface area contributed by atoms with E-state index in [9.17, 15) is 0 Å². The van der Waals surface area contributed by atoms with Crippen LogP contribution < -0.4 is 5.32 Å². The maximum Gasteiger partial charge on any atom is 0.166 e. The van der Waals surface area contributed by atoms with Gasteiger partial charge in [-0.1, -0.05) is 30.3 Å². The molecule has 0 radical (unpaired) electrons. The first-order chi connectivity index (χ1) is 8.79. The van der Waals surface area contributed by atoms with E-state index in [4.69, 9.17) is 0 Å². The van der Waals surface area contributed by atoms with Crippen LogP contribution in [0.2, 0.25) is 0 Å². The molecule has 3 nitrogen and oxygen atoms in total. The van der Waals surface area contributed by atoms with E-state index in [2.05, 4.69) is 28.3 Å². The molecular weight excluding hydrogens is 242 g/mol. The lowest BCUT2D eigenvalue weighted by Crippen LogP contribution is -2.20. The molecule has 1 aromatic heterocycles. The van der Waals surface area contributed by atoms with E-state index in [1.165, 1.54) is 19.3 Å². The highest BCUT2D eigenvalue weighted by molar-refractivity contribution is 7.99. The molecule has 0 fully saturated rings. The smallest absolute Gasteiger partial charge is 0.166 e. The topological polar surface area (TPSA) is 40.7 Å². The Bertz CT molecular complexity index is 448. The highest BCUT2D eigenvalue weighted by atomic mass is 32.2. The second-order valence-corrected chi connectivity index (χ2v) is 5.68. The normalized spacial score (nSPS) is 13.0. The number of thioether (sulfide) groups is 1. The molecule has 2 N–H and O–H groups in total. The van der Waals surface area contributed by atoms with E-state index in [0.717, 1.165) is 21.9 Å². The maximum absolute atomic E-state index is 4.56. The molecule has 0 saturated heterocycles. The van der Waals surface area contributed by atoms with Crippen LogP contribution in [0.3, 0.4) is 0 Å².